The van der Waals surface area contributed by atoms with Crippen molar-refractivity contribution in [3.05, 3.63) is 29.3 Å². The average Bonchev–Trinajstić information content (AvgIpc) is 2.40. The molecule has 0 saturated carbocycles. The Morgan fingerprint density at radius 1 is 1.35 bits per heavy atom. The van der Waals surface area contributed by atoms with Gasteiger partial charge >= 0.3 is 5.97 Å². The predicted octanol–water partition coefficient (Wildman–Crippen LogP) is 2.38. The Labute approximate surface area is 118 Å². The van der Waals surface area contributed by atoms with Crippen molar-refractivity contribution in [2.75, 3.05) is 0 Å². The van der Waals surface area contributed by atoms with Crippen molar-refractivity contribution in [1.29, 1.82) is 0 Å². The Morgan fingerprint density at radius 3 is 2.50 bits per heavy atom. The first-order valence-corrected chi connectivity index (χ1v) is 6.66. The summed E-state index contributed by atoms with van der Waals surface area (Å²) in [5.74, 6) is -0.648. The first-order chi connectivity index (χ1) is 9.35. The van der Waals surface area contributed by atoms with Gasteiger partial charge in [-0.05, 0) is 51.0 Å². The van der Waals surface area contributed by atoms with Gasteiger partial charge in [0, 0.05) is 6.04 Å². The number of aromatic carboxylic acids is 1. The van der Waals surface area contributed by atoms with Crippen LogP contribution >= 0.6 is 0 Å². The van der Waals surface area contributed by atoms with Gasteiger partial charge < -0.3 is 15.2 Å². The molecule has 0 spiro atoms. The fourth-order valence-electron chi connectivity index (χ4n) is 1.62. The van der Waals surface area contributed by atoms with Crippen LogP contribution in [0.4, 0.5) is 0 Å². The first kappa shape index (κ1) is 16.0. The van der Waals surface area contributed by atoms with Crippen LogP contribution in [0.15, 0.2) is 18.2 Å². The van der Waals surface area contributed by atoms with Gasteiger partial charge in [-0.15, -0.1) is 0 Å². The van der Waals surface area contributed by atoms with Crippen LogP contribution in [0.1, 0.15) is 43.1 Å². The lowest BCUT2D eigenvalue weighted by Gasteiger charge is -2.18. The largest absolute Gasteiger partial charge is 0.481 e. The number of carbonyl (C=O) groups is 2. The summed E-state index contributed by atoms with van der Waals surface area (Å²) in [5, 5.41) is 11.7. The van der Waals surface area contributed by atoms with Gasteiger partial charge in [0.2, 0.25) is 0 Å². The van der Waals surface area contributed by atoms with E-state index in [0.717, 1.165) is 6.42 Å². The highest BCUT2D eigenvalue weighted by atomic mass is 16.5. The lowest BCUT2D eigenvalue weighted by atomic mass is 10.1. The number of carboxylic acid groups (broad SMARTS) is 1. The average molecular weight is 279 g/mol. The molecule has 20 heavy (non-hydrogen) atoms. The fraction of sp³-hybridized carbons (Fsp3) is 0.467. The molecule has 0 aromatic heterocycles. The van der Waals surface area contributed by atoms with Crippen molar-refractivity contribution in [3.8, 4) is 5.75 Å². The highest BCUT2D eigenvalue weighted by molar-refractivity contribution is 5.88. The number of hydrogen-bond donors (Lipinski definition) is 2. The second-order valence-electron chi connectivity index (χ2n) is 4.86. The number of amides is 1. The number of carbonyl (C=O) groups excluding carboxylic acids is 1. The maximum atomic E-state index is 11.9. The summed E-state index contributed by atoms with van der Waals surface area (Å²) in [7, 11) is 0. The normalized spacial score (nSPS) is 13.4. The molecule has 0 aliphatic carbocycles. The Balaban J connectivity index is 2.73. The molecular formula is C15H21NO4. The third-order valence-electron chi connectivity index (χ3n) is 3.10. The minimum Gasteiger partial charge on any atom is -0.481 e. The summed E-state index contributed by atoms with van der Waals surface area (Å²) in [5.41, 5.74) is 0.889. The Bertz CT molecular complexity index is 499. The molecule has 1 aromatic carbocycles. The fourth-order valence-corrected chi connectivity index (χ4v) is 1.62. The van der Waals surface area contributed by atoms with Crippen LogP contribution in [-0.2, 0) is 4.79 Å². The number of ether oxygens (including phenoxy) is 1. The summed E-state index contributed by atoms with van der Waals surface area (Å²) in [4.78, 5) is 22.7. The van der Waals surface area contributed by atoms with Crippen LogP contribution in [0, 0.1) is 6.92 Å². The SMILES string of the molecule is CCC(C)NC(=O)C(C)Oc1ccc(C(=O)O)cc1C. The van der Waals surface area contributed by atoms with Crippen LogP contribution < -0.4 is 10.1 Å². The molecular weight excluding hydrogens is 258 g/mol. The number of benzene rings is 1. The zero-order valence-corrected chi connectivity index (χ0v) is 12.3. The number of rotatable bonds is 6. The summed E-state index contributed by atoms with van der Waals surface area (Å²) in [6, 6.07) is 4.66. The van der Waals surface area contributed by atoms with Crippen molar-refractivity contribution in [3.63, 3.8) is 0 Å². The van der Waals surface area contributed by atoms with Gasteiger partial charge in [0.25, 0.3) is 5.91 Å². The van der Waals surface area contributed by atoms with Gasteiger partial charge in [-0.2, -0.15) is 0 Å². The van der Waals surface area contributed by atoms with E-state index in [-0.39, 0.29) is 17.5 Å². The van der Waals surface area contributed by atoms with Crippen LogP contribution in [0.2, 0.25) is 0 Å². The standard InChI is InChI=1S/C15H21NO4/c1-5-10(3)16-14(17)11(4)20-13-7-6-12(15(18)19)8-9(13)2/h6-8,10-11H,5H2,1-4H3,(H,16,17)(H,18,19). The minimum absolute atomic E-state index is 0.101. The molecule has 0 aliphatic rings. The van der Waals surface area contributed by atoms with E-state index < -0.39 is 12.1 Å². The second-order valence-corrected chi connectivity index (χ2v) is 4.86. The van der Waals surface area contributed by atoms with E-state index in [2.05, 4.69) is 5.32 Å². The van der Waals surface area contributed by atoms with E-state index >= 15 is 0 Å². The molecule has 110 valence electrons. The quantitative estimate of drug-likeness (QED) is 0.838. The molecule has 2 atom stereocenters. The van der Waals surface area contributed by atoms with Gasteiger partial charge in [0.15, 0.2) is 6.10 Å². The van der Waals surface area contributed by atoms with Gasteiger partial charge in [0.05, 0.1) is 5.56 Å². The van der Waals surface area contributed by atoms with Gasteiger partial charge in [0.1, 0.15) is 5.75 Å². The number of nitrogens with one attached hydrogen (secondary N) is 1. The maximum absolute atomic E-state index is 11.9. The third kappa shape index (κ3) is 4.26. The molecule has 2 unspecified atom stereocenters. The number of aryl methyl sites for hydroxylation is 1. The van der Waals surface area contributed by atoms with E-state index in [1.807, 2.05) is 13.8 Å². The van der Waals surface area contributed by atoms with Crippen molar-refractivity contribution in [2.45, 2.75) is 46.3 Å². The third-order valence-corrected chi connectivity index (χ3v) is 3.10. The summed E-state index contributed by atoms with van der Waals surface area (Å²) in [6.07, 6.45) is 0.225. The van der Waals surface area contributed by atoms with E-state index in [9.17, 15) is 9.59 Å². The minimum atomic E-state index is -0.984. The molecule has 5 heteroatoms. The molecule has 2 N–H and O–H groups in total. The van der Waals surface area contributed by atoms with Crippen LogP contribution in [0.3, 0.4) is 0 Å². The first-order valence-electron chi connectivity index (χ1n) is 6.66. The van der Waals surface area contributed by atoms with Gasteiger partial charge in [-0.3, -0.25) is 4.79 Å². The Morgan fingerprint density at radius 2 is 2.00 bits per heavy atom. The van der Waals surface area contributed by atoms with Crippen LogP contribution in [0.5, 0.6) is 5.75 Å². The van der Waals surface area contributed by atoms with Gasteiger partial charge in [-0.25, -0.2) is 4.79 Å². The van der Waals surface area contributed by atoms with E-state index in [4.69, 9.17) is 9.84 Å². The Kier molecular flexibility index (Phi) is 5.55. The summed E-state index contributed by atoms with van der Waals surface area (Å²) in [6.45, 7) is 7.34. The Hall–Kier alpha value is -2.04. The molecule has 0 aliphatic heterocycles. The summed E-state index contributed by atoms with van der Waals surface area (Å²) < 4.78 is 5.58. The zero-order chi connectivity index (χ0) is 15.3. The topological polar surface area (TPSA) is 75.6 Å². The zero-order valence-electron chi connectivity index (χ0n) is 12.3. The molecule has 0 radical (unpaired) electrons. The van der Waals surface area contributed by atoms with Gasteiger partial charge in [-0.1, -0.05) is 6.92 Å². The molecule has 1 aromatic rings. The highest BCUT2D eigenvalue weighted by Crippen LogP contribution is 2.20. The molecule has 1 amide bonds. The second kappa shape index (κ2) is 6.93. The number of hydrogen-bond acceptors (Lipinski definition) is 3. The van der Waals surface area contributed by atoms with E-state index in [1.54, 1.807) is 19.9 Å². The summed E-state index contributed by atoms with van der Waals surface area (Å²) >= 11 is 0. The maximum Gasteiger partial charge on any atom is 0.335 e. The predicted molar refractivity (Wildman–Crippen MR) is 76.1 cm³/mol. The smallest absolute Gasteiger partial charge is 0.335 e. The highest BCUT2D eigenvalue weighted by Gasteiger charge is 2.17. The van der Waals surface area contributed by atoms with Crippen molar-refractivity contribution < 1.29 is 19.4 Å². The van der Waals surface area contributed by atoms with Crippen molar-refractivity contribution in [1.82, 2.24) is 5.32 Å². The molecule has 1 rings (SSSR count). The van der Waals surface area contributed by atoms with Crippen molar-refractivity contribution in [2.24, 2.45) is 0 Å². The lowest BCUT2D eigenvalue weighted by molar-refractivity contribution is -0.127. The molecule has 0 bridgehead atoms. The molecule has 0 heterocycles. The molecule has 0 fully saturated rings. The van der Waals surface area contributed by atoms with Crippen LogP contribution in [-0.4, -0.2) is 29.1 Å². The lowest BCUT2D eigenvalue weighted by Crippen LogP contribution is -2.41. The van der Waals surface area contributed by atoms with E-state index in [0.29, 0.717) is 11.3 Å². The molecule has 0 saturated heterocycles. The van der Waals surface area contributed by atoms with E-state index in [1.165, 1.54) is 12.1 Å². The van der Waals surface area contributed by atoms with Crippen LogP contribution in [0.25, 0.3) is 0 Å². The van der Waals surface area contributed by atoms with Crippen molar-refractivity contribution >= 4 is 11.9 Å². The monoisotopic (exact) mass is 279 g/mol. The number of carboxylic acids is 1. The molecule has 5 nitrogen and oxygen atoms in total.